The number of halogens is 1. The van der Waals surface area contributed by atoms with E-state index in [4.69, 9.17) is 5.26 Å². The molecule has 0 saturated carbocycles. The van der Waals surface area contributed by atoms with Crippen molar-refractivity contribution in [3.05, 3.63) is 67.0 Å². The molecule has 0 radical (unpaired) electrons. The van der Waals surface area contributed by atoms with Gasteiger partial charge in [0.15, 0.2) is 0 Å². The lowest BCUT2D eigenvalue weighted by Gasteiger charge is -2.08. The molecule has 1 N–H and O–H groups in total. The van der Waals surface area contributed by atoms with Gasteiger partial charge in [-0.15, -0.1) is 0 Å². The summed E-state index contributed by atoms with van der Waals surface area (Å²) in [5, 5.41) is 22.2. The van der Waals surface area contributed by atoms with Gasteiger partial charge in [0.05, 0.1) is 11.1 Å². The van der Waals surface area contributed by atoms with Crippen molar-refractivity contribution < 1.29 is 9.72 Å². The molecule has 0 bridgehead atoms. The zero-order valence-electron chi connectivity index (χ0n) is 11.5. The van der Waals surface area contributed by atoms with Crippen LogP contribution in [0.25, 0.3) is 0 Å². The van der Waals surface area contributed by atoms with E-state index < -0.39 is 34.2 Å². The van der Waals surface area contributed by atoms with E-state index in [1.54, 1.807) is 30.3 Å². The van der Waals surface area contributed by atoms with Gasteiger partial charge in [0.2, 0.25) is 5.91 Å². The van der Waals surface area contributed by atoms with Gasteiger partial charge in [0, 0.05) is 16.2 Å². The Balaban J connectivity index is 2.25. The van der Waals surface area contributed by atoms with Gasteiger partial charge >= 0.3 is 0 Å². The number of hydrogen-bond acceptors (Lipinski definition) is 5. The summed E-state index contributed by atoms with van der Waals surface area (Å²) in [6.45, 7) is -0.439. The van der Waals surface area contributed by atoms with Crippen molar-refractivity contribution in [1.29, 1.82) is 5.26 Å². The summed E-state index contributed by atoms with van der Waals surface area (Å²) in [5.41, 5.74) is -1.07. The Morgan fingerprint density at radius 1 is 1.39 bits per heavy atom. The summed E-state index contributed by atoms with van der Waals surface area (Å²) in [4.78, 5) is 34.0. The Kier molecular flexibility index (Phi) is 4.88. The number of nitrogens with one attached hydrogen (secondary N) is 1. The van der Waals surface area contributed by atoms with E-state index in [0.717, 1.165) is 21.3 Å². The maximum Gasteiger partial charge on any atom is 0.287 e. The van der Waals surface area contributed by atoms with E-state index in [9.17, 15) is 19.7 Å². The number of nitriles is 1. The van der Waals surface area contributed by atoms with Crippen molar-refractivity contribution in [2.45, 2.75) is 6.54 Å². The van der Waals surface area contributed by atoms with Crippen molar-refractivity contribution in [3.63, 3.8) is 0 Å². The first kappa shape index (κ1) is 16.4. The Morgan fingerprint density at radius 3 is 2.61 bits per heavy atom. The summed E-state index contributed by atoms with van der Waals surface area (Å²) < 4.78 is 1.68. The molecule has 1 aromatic heterocycles. The number of rotatable bonds is 4. The monoisotopic (exact) mass is 376 g/mol. The maximum absolute atomic E-state index is 12.0. The predicted octanol–water partition coefficient (Wildman–Crippen LogP) is 2.03. The minimum absolute atomic E-state index is 0.393. The van der Waals surface area contributed by atoms with Crippen LogP contribution in [-0.4, -0.2) is 15.4 Å². The van der Waals surface area contributed by atoms with Gasteiger partial charge in [-0.1, -0.05) is 15.9 Å². The van der Waals surface area contributed by atoms with E-state index in [2.05, 4.69) is 21.2 Å². The highest BCUT2D eigenvalue weighted by Crippen LogP contribution is 2.14. The Hall–Kier alpha value is -2.99. The maximum atomic E-state index is 12.0. The standard InChI is InChI=1S/C14H9BrN4O4/c15-10-1-3-11(4-2-10)17-13(20)8-18-7-12(19(22)23)5-9(6-16)14(18)21/h1-5,7H,8H2,(H,17,20). The van der Waals surface area contributed by atoms with Gasteiger partial charge in [0.1, 0.15) is 18.2 Å². The van der Waals surface area contributed by atoms with Crippen LogP contribution in [0.3, 0.4) is 0 Å². The van der Waals surface area contributed by atoms with Crippen LogP contribution in [0.2, 0.25) is 0 Å². The summed E-state index contributed by atoms with van der Waals surface area (Å²) in [6, 6.07) is 9.22. The molecule has 1 heterocycles. The molecular formula is C14H9BrN4O4. The number of nitro groups is 1. The third-order valence-corrected chi connectivity index (χ3v) is 3.37. The van der Waals surface area contributed by atoms with Gasteiger partial charge < -0.3 is 5.32 Å². The highest BCUT2D eigenvalue weighted by molar-refractivity contribution is 9.10. The predicted molar refractivity (Wildman–Crippen MR) is 84.8 cm³/mol. The molecule has 2 aromatic rings. The van der Waals surface area contributed by atoms with Crippen molar-refractivity contribution >= 4 is 33.2 Å². The number of pyridine rings is 1. The van der Waals surface area contributed by atoms with Gasteiger partial charge in [-0.25, -0.2) is 0 Å². The number of amides is 1. The third kappa shape index (κ3) is 4.02. The first-order valence-corrected chi connectivity index (χ1v) is 7.04. The lowest BCUT2D eigenvalue weighted by molar-refractivity contribution is -0.385. The van der Waals surface area contributed by atoms with E-state index >= 15 is 0 Å². The van der Waals surface area contributed by atoms with Crippen LogP contribution >= 0.6 is 15.9 Å². The number of carbonyl (C=O) groups excluding carboxylic acids is 1. The van der Waals surface area contributed by atoms with Crippen LogP contribution in [0.1, 0.15) is 5.56 Å². The average Bonchev–Trinajstić information content (AvgIpc) is 2.51. The molecular weight excluding hydrogens is 368 g/mol. The van der Waals surface area contributed by atoms with E-state index in [0.29, 0.717) is 5.69 Å². The molecule has 0 saturated heterocycles. The Bertz CT molecular complexity index is 868. The fourth-order valence-electron chi connectivity index (χ4n) is 1.81. The highest BCUT2D eigenvalue weighted by atomic mass is 79.9. The second-order valence-electron chi connectivity index (χ2n) is 4.47. The third-order valence-electron chi connectivity index (χ3n) is 2.84. The van der Waals surface area contributed by atoms with Crippen LogP contribution in [0.15, 0.2) is 45.8 Å². The molecule has 116 valence electrons. The molecule has 0 atom stereocenters. The van der Waals surface area contributed by atoms with Crippen molar-refractivity contribution in [2.75, 3.05) is 5.32 Å². The largest absolute Gasteiger partial charge is 0.325 e. The van der Waals surface area contributed by atoms with Crippen LogP contribution in [0.5, 0.6) is 0 Å². The van der Waals surface area contributed by atoms with Crippen molar-refractivity contribution in [2.24, 2.45) is 0 Å². The average molecular weight is 377 g/mol. The zero-order valence-corrected chi connectivity index (χ0v) is 13.1. The molecule has 0 fully saturated rings. The van der Waals surface area contributed by atoms with Crippen molar-refractivity contribution in [3.8, 4) is 6.07 Å². The second-order valence-corrected chi connectivity index (χ2v) is 5.38. The van der Waals surface area contributed by atoms with Crippen molar-refractivity contribution in [1.82, 2.24) is 4.57 Å². The molecule has 0 aliphatic rings. The number of hydrogen-bond donors (Lipinski definition) is 1. The highest BCUT2D eigenvalue weighted by Gasteiger charge is 2.15. The van der Waals surface area contributed by atoms with Crippen LogP contribution < -0.4 is 10.9 Å². The second kappa shape index (κ2) is 6.85. The normalized spacial score (nSPS) is 9.91. The number of anilines is 1. The Labute approximate surface area is 138 Å². The molecule has 1 aromatic carbocycles. The van der Waals surface area contributed by atoms with E-state index in [1.807, 2.05) is 0 Å². The number of benzene rings is 1. The van der Waals surface area contributed by atoms with Gasteiger partial charge in [-0.2, -0.15) is 5.26 Å². The SMILES string of the molecule is N#Cc1cc([N+](=O)[O-])cn(CC(=O)Nc2ccc(Br)cc2)c1=O. The van der Waals surface area contributed by atoms with Crippen LogP contribution in [0, 0.1) is 21.4 Å². The summed E-state index contributed by atoms with van der Waals surface area (Å²) in [7, 11) is 0. The minimum atomic E-state index is -0.760. The first-order valence-electron chi connectivity index (χ1n) is 6.25. The molecule has 0 aliphatic heterocycles. The van der Waals surface area contributed by atoms with Crippen LogP contribution in [0.4, 0.5) is 11.4 Å². The number of carbonyl (C=O) groups is 1. The smallest absolute Gasteiger partial charge is 0.287 e. The molecule has 9 heteroatoms. The van der Waals surface area contributed by atoms with Gasteiger partial charge in [-0.05, 0) is 24.3 Å². The molecule has 8 nitrogen and oxygen atoms in total. The molecule has 23 heavy (non-hydrogen) atoms. The fourth-order valence-corrected chi connectivity index (χ4v) is 2.07. The van der Waals surface area contributed by atoms with Gasteiger partial charge in [0.25, 0.3) is 11.2 Å². The van der Waals surface area contributed by atoms with Gasteiger partial charge in [-0.3, -0.25) is 24.3 Å². The molecule has 0 aliphatic carbocycles. The zero-order chi connectivity index (χ0) is 17.0. The number of aromatic nitrogens is 1. The lowest BCUT2D eigenvalue weighted by Crippen LogP contribution is -2.29. The summed E-state index contributed by atoms with van der Waals surface area (Å²) >= 11 is 3.26. The molecule has 0 unspecified atom stereocenters. The quantitative estimate of drug-likeness (QED) is 0.646. The summed E-state index contributed by atoms with van der Waals surface area (Å²) in [6.07, 6.45) is 0.935. The first-order chi connectivity index (χ1) is 10.9. The number of nitrogens with zero attached hydrogens (tertiary/aromatic N) is 3. The topological polar surface area (TPSA) is 118 Å². The molecule has 0 spiro atoms. The lowest BCUT2D eigenvalue weighted by atomic mass is 10.2. The fraction of sp³-hybridized carbons (Fsp3) is 0.0714. The summed E-state index contributed by atoms with van der Waals surface area (Å²) in [5.74, 6) is -0.543. The van der Waals surface area contributed by atoms with Crippen LogP contribution in [-0.2, 0) is 11.3 Å². The molecule has 2 rings (SSSR count). The molecule has 1 amide bonds. The Morgan fingerprint density at radius 2 is 2.04 bits per heavy atom. The van der Waals surface area contributed by atoms with E-state index in [-0.39, 0.29) is 0 Å². The minimum Gasteiger partial charge on any atom is -0.325 e. The van der Waals surface area contributed by atoms with E-state index in [1.165, 1.54) is 0 Å².